The van der Waals surface area contributed by atoms with E-state index in [1.165, 1.54) is 12.3 Å². The largest absolute Gasteiger partial charge is 0.478 e. The van der Waals surface area contributed by atoms with Gasteiger partial charge in [0.1, 0.15) is 5.82 Å². The fourth-order valence-corrected chi connectivity index (χ4v) is 4.09. The second kappa shape index (κ2) is 4.45. The molecule has 0 aliphatic rings. The molecule has 0 fully saturated rings. The van der Waals surface area contributed by atoms with Gasteiger partial charge in [-0.25, -0.2) is 9.18 Å². The highest BCUT2D eigenvalue weighted by Crippen LogP contribution is 2.39. The first-order chi connectivity index (χ1) is 9.05. The Morgan fingerprint density at radius 1 is 1.30 bits per heavy atom. The third kappa shape index (κ3) is 2.16. The fourth-order valence-electron chi connectivity index (χ4n) is 2.14. The minimum atomic E-state index is -2.00. The summed E-state index contributed by atoms with van der Waals surface area (Å²) in [5, 5.41) is 9.63. The van der Waals surface area contributed by atoms with E-state index in [1.54, 1.807) is 12.1 Å². The number of hydrogen-bond donors (Lipinski definition) is 1. The van der Waals surface area contributed by atoms with Gasteiger partial charge in [-0.05, 0) is 23.2 Å². The van der Waals surface area contributed by atoms with Crippen LogP contribution in [0.25, 0.3) is 10.9 Å². The minimum Gasteiger partial charge on any atom is -0.478 e. The van der Waals surface area contributed by atoms with Crippen LogP contribution in [0.1, 0.15) is 31.1 Å². The summed E-state index contributed by atoms with van der Waals surface area (Å²) in [4.78, 5) is 11.1. The third-order valence-corrected chi connectivity index (χ3v) is 9.69. The molecule has 1 aromatic carbocycles. The minimum absolute atomic E-state index is 0.0324. The highest BCUT2D eigenvalue weighted by molar-refractivity contribution is 6.79. The Balaban J connectivity index is 2.77. The van der Waals surface area contributed by atoms with Crippen molar-refractivity contribution >= 4 is 25.1 Å². The SMILES string of the molecule is CC(C)(C)[Si](C)(C)n1cc(F)c2ccc(C(=O)O)cc21. The summed E-state index contributed by atoms with van der Waals surface area (Å²) in [6, 6.07) is 4.57. The maximum atomic E-state index is 14.1. The molecule has 0 atom stereocenters. The van der Waals surface area contributed by atoms with Gasteiger partial charge < -0.3 is 9.34 Å². The molecule has 2 aromatic rings. The second-order valence-electron chi connectivity index (χ2n) is 6.69. The van der Waals surface area contributed by atoms with Crippen LogP contribution in [0.4, 0.5) is 4.39 Å². The number of fused-ring (bicyclic) bond motifs is 1. The van der Waals surface area contributed by atoms with Gasteiger partial charge in [0.25, 0.3) is 0 Å². The van der Waals surface area contributed by atoms with Gasteiger partial charge in [0.15, 0.2) is 8.24 Å². The molecule has 0 radical (unpaired) electrons. The maximum Gasteiger partial charge on any atom is 0.335 e. The van der Waals surface area contributed by atoms with Crippen molar-refractivity contribution in [1.29, 1.82) is 0 Å². The van der Waals surface area contributed by atoms with E-state index in [1.807, 2.05) is 4.23 Å². The molecule has 1 N–H and O–H groups in total. The summed E-state index contributed by atoms with van der Waals surface area (Å²) >= 11 is 0. The summed E-state index contributed by atoms with van der Waals surface area (Å²) in [6.45, 7) is 10.8. The summed E-state index contributed by atoms with van der Waals surface area (Å²) in [6.07, 6.45) is 1.52. The standard InChI is InChI=1S/C15H20FNO2Si/c1-15(2,3)20(4,5)17-9-12(16)11-7-6-10(14(18)19)8-13(11)17/h6-9H,1-5H3,(H,18,19). The van der Waals surface area contributed by atoms with E-state index >= 15 is 0 Å². The summed E-state index contributed by atoms with van der Waals surface area (Å²) < 4.78 is 16.1. The molecular weight excluding hydrogens is 273 g/mol. The lowest BCUT2D eigenvalue weighted by Gasteiger charge is -2.38. The number of carboxylic acids is 1. The first-order valence-corrected chi connectivity index (χ1v) is 9.55. The van der Waals surface area contributed by atoms with E-state index in [0.717, 1.165) is 0 Å². The van der Waals surface area contributed by atoms with Crippen LogP contribution in [0.2, 0.25) is 18.1 Å². The summed E-state index contributed by atoms with van der Waals surface area (Å²) in [5.74, 6) is -1.28. The van der Waals surface area contributed by atoms with Gasteiger partial charge in [0.05, 0.1) is 5.56 Å². The molecule has 5 heteroatoms. The predicted octanol–water partition coefficient (Wildman–Crippen LogP) is 4.33. The normalized spacial score (nSPS) is 12.9. The van der Waals surface area contributed by atoms with E-state index in [0.29, 0.717) is 10.9 Å². The first-order valence-electron chi connectivity index (χ1n) is 6.60. The number of halogens is 1. The number of hydrogen-bond acceptors (Lipinski definition) is 1. The Bertz CT molecular complexity index is 683. The average molecular weight is 293 g/mol. The Morgan fingerprint density at radius 2 is 1.90 bits per heavy atom. The molecule has 3 nitrogen and oxygen atoms in total. The number of nitrogens with zero attached hydrogens (tertiary/aromatic N) is 1. The van der Waals surface area contributed by atoms with Gasteiger partial charge in [0, 0.05) is 17.1 Å². The van der Waals surface area contributed by atoms with Gasteiger partial charge in [0.2, 0.25) is 0 Å². The number of carboxylic acid groups (broad SMARTS) is 1. The van der Waals surface area contributed by atoms with Crippen molar-refractivity contribution in [1.82, 2.24) is 4.23 Å². The first kappa shape index (κ1) is 14.8. The van der Waals surface area contributed by atoms with Gasteiger partial charge in [-0.3, -0.25) is 0 Å². The highest BCUT2D eigenvalue weighted by Gasteiger charge is 2.38. The lowest BCUT2D eigenvalue weighted by molar-refractivity contribution is 0.0697. The van der Waals surface area contributed by atoms with Crippen molar-refractivity contribution in [3.63, 3.8) is 0 Å². The molecule has 0 unspecified atom stereocenters. The quantitative estimate of drug-likeness (QED) is 0.837. The van der Waals surface area contributed by atoms with Crippen molar-refractivity contribution in [2.45, 2.75) is 38.9 Å². The maximum absolute atomic E-state index is 14.1. The molecule has 2 rings (SSSR count). The number of rotatable bonds is 2. The van der Waals surface area contributed by atoms with Crippen molar-refractivity contribution in [2.24, 2.45) is 0 Å². The Kier molecular flexibility index (Phi) is 3.29. The van der Waals surface area contributed by atoms with E-state index in [-0.39, 0.29) is 16.4 Å². The molecule has 0 saturated carbocycles. The topological polar surface area (TPSA) is 42.2 Å². The lowest BCUT2D eigenvalue weighted by Crippen LogP contribution is -2.44. The van der Waals surface area contributed by atoms with E-state index in [4.69, 9.17) is 5.11 Å². The Morgan fingerprint density at radius 3 is 2.40 bits per heavy atom. The third-order valence-electron chi connectivity index (χ3n) is 4.44. The Labute approximate surface area is 119 Å². The number of aromatic nitrogens is 1. The van der Waals surface area contributed by atoms with E-state index < -0.39 is 14.2 Å². The van der Waals surface area contributed by atoms with Crippen molar-refractivity contribution in [2.75, 3.05) is 0 Å². The van der Waals surface area contributed by atoms with Crippen LogP contribution in [0.3, 0.4) is 0 Å². The molecule has 108 valence electrons. The van der Waals surface area contributed by atoms with Crippen LogP contribution in [0.5, 0.6) is 0 Å². The van der Waals surface area contributed by atoms with E-state index in [9.17, 15) is 9.18 Å². The zero-order valence-corrected chi connectivity index (χ0v) is 13.5. The molecular formula is C15H20FNO2Si. The van der Waals surface area contributed by atoms with Crippen LogP contribution in [-0.2, 0) is 0 Å². The molecule has 0 amide bonds. The zero-order valence-electron chi connectivity index (χ0n) is 12.5. The van der Waals surface area contributed by atoms with Crippen LogP contribution < -0.4 is 0 Å². The monoisotopic (exact) mass is 293 g/mol. The van der Waals surface area contributed by atoms with Crippen LogP contribution in [-0.4, -0.2) is 23.5 Å². The summed E-state index contributed by atoms with van der Waals surface area (Å²) in [5.41, 5.74) is 0.865. The molecule has 0 saturated heterocycles. The lowest BCUT2D eigenvalue weighted by atomic mass is 10.1. The van der Waals surface area contributed by atoms with Gasteiger partial charge >= 0.3 is 5.97 Å². The average Bonchev–Trinajstić information content (AvgIpc) is 2.65. The Hall–Kier alpha value is -1.62. The van der Waals surface area contributed by atoms with Crippen molar-refractivity contribution in [3.8, 4) is 0 Å². The number of aromatic carboxylic acids is 1. The molecule has 1 heterocycles. The zero-order chi connectivity index (χ0) is 15.3. The second-order valence-corrected chi connectivity index (χ2v) is 11.8. The molecule has 0 aliphatic carbocycles. The number of benzene rings is 1. The molecule has 1 aromatic heterocycles. The molecule has 0 bridgehead atoms. The van der Waals surface area contributed by atoms with Gasteiger partial charge in [-0.2, -0.15) is 0 Å². The molecule has 0 aliphatic heterocycles. The van der Waals surface area contributed by atoms with Gasteiger partial charge in [-0.1, -0.05) is 33.9 Å². The van der Waals surface area contributed by atoms with Crippen LogP contribution in [0, 0.1) is 5.82 Å². The van der Waals surface area contributed by atoms with Crippen molar-refractivity contribution < 1.29 is 14.3 Å². The van der Waals surface area contributed by atoms with Crippen LogP contribution in [0.15, 0.2) is 24.4 Å². The summed E-state index contributed by atoms with van der Waals surface area (Å²) in [7, 11) is -2.00. The van der Waals surface area contributed by atoms with Gasteiger partial charge in [-0.15, -0.1) is 0 Å². The van der Waals surface area contributed by atoms with Crippen LogP contribution >= 0.6 is 0 Å². The predicted molar refractivity (Wildman–Crippen MR) is 81.5 cm³/mol. The highest BCUT2D eigenvalue weighted by atomic mass is 28.3. The molecule has 20 heavy (non-hydrogen) atoms. The molecule has 0 spiro atoms. The fraction of sp³-hybridized carbons (Fsp3) is 0.400. The van der Waals surface area contributed by atoms with E-state index in [2.05, 4.69) is 33.9 Å². The van der Waals surface area contributed by atoms with Crippen molar-refractivity contribution in [3.05, 3.63) is 35.8 Å². The number of carbonyl (C=O) groups is 1. The smallest absolute Gasteiger partial charge is 0.335 e.